The van der Waals surface area contributed by atoms with Crippen LogP contribution in [0.1, 0.15) is 42.4 Å². The minimum atomic E-state index is -0.490. The summed E-state index contributed by atoms with van der Waals surface area (Å²) in [5.74, 6) is 1.49. The molecular formula is C29H24FN7O2. The maximum Gasteiger partial charge on any atom is 0.254 e. The first-order chi connectivity index (χ1) is 19.0. The topological polar surface area (TPSA) is 108 Å². The molecule has 0 spiro atoms. The fourth-order valence-electron chi connectivity index (χ4n) is 6.03. The van der Waals surface area contributed by atoms with Crippen LogP contribution in [-0.2, 0) is 5.41 Å². The summed E-state index contributed by atoms with van der Waals surface area (Å²) < 4.78 is 21.2. The van der Waals surface area contributed by atoms with E-state index in [4.69, 9.17) is 4.74 Å². The van der Waals surface area contributed by atoms with Crippen LogP contribution in [0.15, 0.2) is 73.2 Å². The molecule has 3 fully saturated rings. The lowest BCUT2D eigenvalue weighted by Gasteiger charge is -2.69. The zero-order chi connectivity index (χ0) is 26.6. The highest BCUT2D eigenvalue weighted by Crippen LogP contribution is 2.67. The monoisotopic (exact) mass is 521 g/mol. The minimum Gasteiger partial charge on any atom is -0.492 e. The molecule has 0 radical (unpaired) electrons. The highest BCUT2D eigenvalue weighted by atomic mass is 19.1. The average Bonchev–Trinajstić information content (AvgIpc) is 3.35. The summed E-state index contributed by atoms with van der Waals surface area (Å²) in [6.45, 7) is 2.50. The third kappa shape index (κ3) is 3.74. The van der Waals surface area contributed by atoms with Crippen molar-refractivity contribution in [3.8, 4) is 23.0 Å². The number of pyridine rings is 3. The van der Waals surface area contributed by atoms with E-state index in [0.717, 1.165) is 37.0 Å². The van der Waals surface area contributed by atoms with Gasteiger partial charge >= 0.3 is 0 Å². The molecule has 0 unspecified atom stereocenters. The summed E-state index contributed by atoms with van der Waals surface area (Å²) in [6, 6.07) is 16.7. The smallest absolute Gasteiger partial charge is 0.254 e. The summed E-state index contributed by atoms with van der Waals surface area (Å²) in [5.41, 5.74) is 2.25. The summed E-state index contributed by atoms with van der Waals surface area (Å²) in [7, 11) is 0. The number of amides is 1. The summed E-state index contributed by atoms with van der Waals surface area (Å²) in [4.78, 5) is 26.1. The number of aromatic nitrogens is 6. The van der Waals surface area contributed by atoms with Crippen LogP contribution in [0.25, 0.3) is 28.2 Å². The third-order valence-electron chi connectivity index (χ3n) is 7.63. The molecule has 0 atom stereocenters. The molecule has 4 heterocycles. The lowest BCUT2D eigenvalue weighted by atomic mass is 9.39. The number of hydrogen-bond acceptors (Lipinski definition) is 7. The number of halogens is 1. The van der Waals surface area contributed by atoms with Crippen LogP contribution in [0.4, 0.5) is 4.39 Å². The summed E-state index contributed by atoms with van der Waals surface area (Å²) in [6.07, 6.45) is 6.54. The van der Waals surface area contributed by atoms with Gasteiger partial charge in [-0.25, -0.2) is 9.37 Å². The average molecular weight is 522 g/mol. The Kier molecular flexibility index (Phi) is 5.19. The second kappa shape index (κ2) is 8.65. The number of carbonyl (C=O) groups is 1. The zero-order valence-electron chi connectivity index (χ0n) is 21.1. The van der Waals surface area contributed by atoms with Crippen LogP contribution in [0.2, 0.25) is 0 Å². The Morgan fingerprint density at radius 1 is 1.03 bits per heavy atom. The Labute approximate surface area is 223 Å². The number of benzene rings is 1. The van der Waals surface area contributed by atoms with Crippen molar-refractivity contribution in [2.45, 2.75) is 37.1 Å². The van der Waals surface area contributed by atoms with E-state index in [1.165, 1.54) is 12.3 Å². The minimum absolute atomic E-state index is 0.193. The molecule has 39 heavy (non-hydrogen) atoms. The molecule has 4 aromatic heterocycles. The molecule has 9 nitrogen and oxygen atoms in total. The van der Waals surface area contributed by atoms with Gasteiger partial charge in [0.05, 0.1) is 30.1 Å². The fourth-order valence-corrected chi connectivity index (χ4v) is 6.03. The van der Waals surface area contributed by atoms with E-state index < -0.39 is 5.82 Å². The number of para-hydroxylation sites is 1. The van der Waals surface area contributed by atoms with E-state index >= 15 is 0 Å². The van der Waals surface area contributed by atoms with Gasteiger partial charge in [0.25, 0.3) is 5.91 Å². The van der Waals surface area contributed by atoms with E-state index in [9.17, 15) is 9.18 Å². The molecule has 1 amide bonds. The molecule has 10 heteroatoms. The number of fused-ring (bicyclic) bond motifs is 1. The van der Waals surface area contributed by atoms with Crippen molar-refractivity contribution >= 4 is 16.9 Å². The molecule has 194 valence electrons. The van der Waals surface area contributed by atoms with Gasteiger partial charge in [-0.1, -0.05) is 18.2 Å². The molecule has 3 aliphatic rings. The molecule has 0 aliphatic heterocycles. The van der Waals surface area contributed by atoms with Crippen LogP contribution in [-0.4, -0.2) is 47.8 Å². The Hall–Kier alpha value is -4.73. The van der Waals surface area contributed by atoms with E-state index in [1.807, 2.05) is 49.4 Å². The molecule has 3 saturated carbocycles. The van der Waals surface area contributed by atoms with Gasteiger partial charge in [-0.3, -0.25) is 19.3 Å². The van der Waals surface area contributed by atoms with E-state index in [0.29, 0.717) is 40.5 Å². The lowest BCUT2D eigenvalue weighted by molar-refractivity contribution is -0.0873. The molecule has 0 saturated heterocycles. The summed E-state index contributed by atoms with van der Waals surface area (Å²) >= 11 is 0. The highest BCUT2D eigenvalue weighted by Gasteiger charge is 2.71. The molecule has 2 bridgehead atoms. The van der Waals surface area contributed by atoms with Gasteiger partial charge < -0.3 is 10.1 Å². The molecule has 8 rings (SSSR count). The molecule has 5 aromatic rings. The van der Waals surface area contributed by atoms with Gasteiger partial charge in [0.1, 0.15) is 28.6 Å². The Balaban J connectivity index is 1.17. The van der Waals surface area contributed by atoms with Crippen molar-refractivity contribution < 1.29 is 13.9 Å². The van der Waals surface area contributed by atoms with Gasteiger partial charge in [0.2, 0.25) is 0 Å². The SMILES string of the molecule is CCOc1ccc(-c2nnc(C34CC(NC(=O)c5ccnc6cc(F)cnc56)(C3)C4)n2-c2ccccc2)nc1. The van der Waals surface area contributed by atoms with Crippen molar-refractivity contribution in [3.63, 3.8) is 0 Å². The Morgan fingerprint density at radius 3 is 2.59 bits per heavy atom. The summed E-state index contributed by atoms with van der Waals surface area (Å²) in [5, 5.41) is 12.4. The predicted octanol–water partition coefficient (Wildman–Crippen LogP) is 4.41. The van der Waals surface area contributed by atoms with Crippen molar-refractivity contribution in [3.05, 3.63) is 90.4 Å². The second-order valence-electron chi connectivity index (χ2n) is 10.3. The van der Waals surface area contributed by atoms with Crippen molar-refractivity contribution in [1.29, 1.82) is 0 Å². The van der Waals surface area contributed by atoms with E-state index in [2.05, 4.69) is 35.0 Å². The predicted molar refractivity (Wildman–Crippen MR) is 141 cm³/mol. The first-order valence-corrected chi connectivity index (χ1v) is 12.8. The highest BCUT2D eigenvalue weighted by molar-refractivity contribution is 6.05. The normalized spacial score (nSPS) is 21.2. The number of rotatable bonds is 7. The largest absolute Gasteiger partial charge is 0.492 e. The van der Waals surface area contributed by atoms with Gasteiger partial charge in [0.15, 0.2) is 5.82 Å². The number of carbonyl (C=O) groups excluding carboxylic acids is 1. The number of hydrogen-bond donors (Lipinski definition) is 1. The van der Waals surface area contributed by atoms with Gasteiger partial charge in [-0.05, 0) is 56.5 Å². The van der Waals surface area contributed by atoms with Crippen molar-refractivity contribution in [2.24, 2.45) is 0 Å². The Morgan fingerprint density at radius 2 is 1.85 bits per heavy atom. The molecule has 3 aliphatic carbocycles. The number of nitrogens with one attached hydrogen (secondary N) is 1. The first-order valence-electron chi connectivity index (χ1n) is 12.8. The lowest BCUT2D eigenvalue weighted by Crippen LogP contribution is -2.77. The van der Waals surface area contributed by atoms with Crippen LogP contribution in [0, 0.1) is 5.82 Å². The molecule has 1 N–H and O–H groups in total. The molecule has 1 aromatic carbocycles. The first kappa shape index (κ1) is 23.4. The third-order valence-corrected chi connectivity index (χ3v) is 7.63. The van der Waals surface area contributed by atoms with Crippen LogP contribution in [0.5, 0.6) is 5.75 Å². The Bertz CT molecular complexity index is 1700. The zero-order valence-corrected chi connectivity index (χ0v) is 21.1. The number of nitrogens with zero attached hydrogens (tertiary/aromatic N) is 6. The van der Waals surface area contributed by atoms with Crippen molar-refractivity contribution in [2.75, 3.05) is 6.61 Å². The standard InChI is InChI=1S/C29H24FN7O2/c1-2-39-20-8-9-22(32-14-20)25-35-36-27(37(25)19-6-4-3-5-7-19)28-15-29(16-28,17-28)34-26(38)21-10-11-31-23-12-18(30)13-33-24(21)23/h3-14H,2,15-17H2,1H3,(H,34,38). The van der Waals surface area contributed by atoms with Gasteiger partial charge in [0, 0.05) is 28.9 Å². The quantitative estimate of drug-likeness (QED) is 0.338. The van der Waals surface area contributed by atoms with Gasteiger partial charge in [-0.2, -0.15) is 0 Å². The van der Waals surface area contributed by atoms with E-state index in [1.54, 1.807) is 12.3 Å². The maximum absolute atomic E-state index is 13.6. The van der Waals surface area contributed by atoms with Crippen LogP contribution in [0.3, 0.4) is 0 Å². The second-order valence-corrected chi connectivity index (χ2v) is 10.3. The van der Waals surface area contributed by atoms with E-state index in [-0.39, 0.29) is 16.9 Å². The van der Waals surface area contributed by atoms with Gasteiger partial charge in [-0.15, -0.1) is 10.2 Å². The maximum atomic E-state index is 13.6. The molecular weight excluding hydrogens is 497 g/mol. The number of ether oxygens (including phenoxy) is 1. The fraction of sp³-hybridized carbons (Fsp3) is 0.241. The van der Waals surface area contributed by atoms with Crippen molar-refractivity contribution in [1.82, 2.24) is 35.0 Å². The van der Waals surface area contributed by atoms with Crippen LogP contribution >= 0.6 is 0 Å². The van der Waals surface area contributed by atoms with Crippen LogP contribution < -0.4 is 10.1 Å².